The monoisotopic (exact) mass is 264 g/mol. The molecular weight excluding hydrogens is 240 g/mol. The topological polar surface area (TPSA) is 70.1 Å². The van der Waals surface area contributed by atoms with Crippen molar-refractivity contribution >= 4 is 11.6 Å². The molecule has 0 aliphatic heterocycles. The fourth-order valence-electron chi connectivity index (χ4n) is 2.56. The molecule has 0 amide bonds. The highest BCUT2D eigenvalue weighted by molar-refractivity contribution is 5.49. The SMILES string of the molecule is CNc1cc(NC2(CO)CCCC2)nc(C(C)C)n1. The Morgan fingerprint density at radius 1 is 1.26 bits per heavy atom. The maximum Gasteiger partial charge on any atom is 0.135 e. The Balaban J connectivity index is 2.25. The summed E-state index contributed by atoms with van der Waals surface area (Å²) >= 11 is 0. The number of nitrogens with one attached hydrogen (secondary N) is 2. The zero-order valence-corrected chi connectivity index (χ0v) is 12.0. The molecule has 0 aromatic carbocycles. The van der Waals surface area contributed by atoms with E-state index in [1.807, 2.05) is 13.1 Å². The molecule has 19 heavy (non-hydrogen) atoms. The van der Waals surface area contributed by atoms with Gasteiger partial charge in [-0.15, -0.1) is 0 Å². The van der Waals surface area contributed by atoms with Gasteiger partial charge < -0.3 is 15.7 Å². The van der Waals surface area contributed by atoms with Crippen molar-refractivity contribution in [3.63, 3.8) is 0 Å². The summed E-state index contributed by atoms with van der Waals surface area (Å²) in [5.74, 6) is 2.72. The summed E-state index contributed by atoms with van der Waals surface area (Å²) < 4.78 is 0. The molecule has 2 rings (SSSR count). The van der Waals surface area contributed by atoms with E-state index in [1.165, 1.54) is 0 Å². The molecule has 1 aromatic rings. The van der Waals surface area contributed by atoms with Crippen LogP contribution in [-0.2, 0) is 0 Å². The van der Waals surface area contributed by atoms with Gasteiger partial charge in [0, 0.05) is 19.0 Å². The maximum atomic E-state index is 9.66. The van der Waals surface area contributed by atoms with Gasteiger partial charge in [-0.05, 0) is 12.8 Å². The second-order valence-corrected chi connectivity index (χ2v) is 5.67. The van der Waals surface area contributed by atoms with E-state index < -0.39 is 0 Å². The van der Waals surface area contributed by atoms with Gasteiger partial charge >= 0.3 is 0 Å². The third-order valence-corrected chi connectivity index (χ3v) is 3.77. The zero-order valence-electron chi connectivity index (χ0n) is 12.0. The van der Waals surface area contributed by atoms with E-state index in [2.05, 4.69) is 34.4 Å². The van der Waals surface area contributed by atoms with Crippen LogP contribution in [0.5, 0.6) is 0 Å². The molecule has 1 heterocycles. The molecule has 1 aliphatic rings. The Labute approximate surface area is 114 Å². The van der Waals surface area contributed by atoms with E-state index in [0.29, 0.717) is 0 Å². The number of aliphatic hydroxyl groups is 1. The summed E-state index contributed by atoms with van der Waals surface area (Å²) in [6.07, 6.45) is 4.32. The summed E-state index contributed by atoms with van der Waals surface area (Å²) in [5, 5.41) is 16.2. The summed E-state index contributed by atoms with van der Waals surface area (Å²) in [6, 6.07) is 1.90. The molecule has 0 spiro atoms. The van der Waals surface area contributed by atoms with Crippen molar-refractivity contribution < 1.29 is 5.11 Å². The summed E-state index contributed by atoms with van der Waals surface area (Å²) in [5.41, 5.74) is -0.201. The van der Waals surface area contributed by atoms with Crippen molar-refractivity contribution in [2.45, 2.75) is 51.0 Å². The van der Waals surface area contributed by atoms with E-state index in [0.717, 1.165) is 43.1 Å². The normalized spacial score (nSPS) is 17.7. The molecule has 3 N–H and O–H groups in total. The quantitative estimate of drug-likeness (QED) is 0.761. The highest BCUT2D eigenvalue weighted by Gasteiger charge is 2.33. The van der Waals surface area contributed by atoms with Crippen LogP contribution >= 0.6 is 0 Å². The Hall–Kier alpha value is -1.36. The summed E-state index contributed by atoms with van der Waals surface area (Å²) in [6.45, 7) is 4.31. The molecule has 1 fully saturated rings. The van der Waals surface area contributed by atoms with E-state index in [1.54, 1.807) is 0 Å². The first-order chi connectivity index (χ1) is 9.08. The minimum absolute atomic E-state index is 0.156. The van der Waals surface area contributed by atoms with Gasteiger partial charge in [0.05, 0.1) is 12.1 Å². The lowest BCUT2D eigenvalue weighted by Gasteiger charge is -2.29. The number of rotatable bonds is 5. The van der Waals surface area contributed by atoms with Gasteiger partial charge in [0.1, 0.15) is 17.5 Å². The Kier molecular flexibility index (Phi) is 4.24. The molecule has 1 aromatic heterocycles. The average Bonchev–Trinajstić information content (AvgIpc) is 2.87. The lowest BCUT2D eigenvalue weighted by molar-refractivity contribution is 0.214. The Morgan fingerprint density at radius 2 is 1.89 bits per heavy atom. The standard InChI is InChI=1S/C14H24N4O/c1-10(2)13-16-11(15-3)8-12(17-13)18-14(9-19)6-4-5-7-14/h8,10,19H,4-7,9H2,1-3H3,(H2,15,16,17,18). The first kappa shape index (κ1) is 14.1. The van der Waals surface area contributed by atoms with Crippen molar-refractivity contribution in [2.24, 2.45) is 0 Å². The molecule has 5 heteroatoms. The predicted octanol–water partition coefficient (Wildman–Crippen LogP) is 2.36. The number of aliphatic hydroxyl groups excluding tert-OH is 1. The van der Waals surface area contributed by atoms with E-state index >= 15 is 0 Å². The van der Waals surface area contributed by atoms with Crippen LogP contribution < -0.4 is 10.6 Å². The minimum Gasteiger partial charge on any atom is -0.394 e. The third-order valence-electron chi connectivity index (χ3n) is 3.77. The minimum atomic E-state index is -0.201. The molecule has 0 radical (unpaired) electrons. The molecule has 0 bridgehead atoms. The number of aromatic nitrogens is 2. The van der Waals surface area contributed by atoms with Crippen molar-refractivity contribution in [1.29, 1.82) is 0 Å². The van der Waals surface area contributed by atoms with Crippen LogP contribution in [0.4, 0.5) is 11.6 Å². The largest absolute Gasteiger partial charge is 0.394 e. The van der Waals surface area contributed by atoms with Crippen LogP contribution in [0, 0.1) is 0 Å². The van der Waals surface area contributed by atoms with Gasteiger partial charge in [-0.1, -0.05) is 26.7 Å². The van der Waals surface area contributed by atoms with Gasteiger partial charge in [0.15, 0.2) is 0 Å². The van der Waals surface area contributed by atoms with Crippen molar-refractivity contribution in [3.05, 3.63) is 11.9 Å². The van der Waals surface area contributed by atoms with Crippen LogP contribution in [0.2, 0.25) is 0 Å². The molecule has 106 valence electrons. The predicted molar refractivity (Wildman–Crippen MR) is 77.6 cm³/mol. The maximum absolute atomic E-state index is 9.66. The van der Waals surface area contributed by atoms with Gasteiger partial charge in [-0.2, -0.15) is 0 Å². The van der Waals surface area contributed by atoms with Gasteiger partial charge in [-0.25, -0.2) is 9.97 Å². The number of hydrogen-bond donors (Lipinski definition) is 3. The van der Waals surface area contributed by atoms with Crippen LogP contribution in [0.15, 0.2) is 6.07 Å². The Bertz CT molecular complexity index is 427. The second-order valence-electron chi connectivity index (χ2n) is 5.67. The fourth-order valence-corrected chi connectivity index (χ4v) is 2.56. The third kappa shape index (κ3) is 3.15. The van der Waals surface area contributed by atoms with Gasteiger partial charge in [0.2, 0.25) is 0 Å². The molecule has 0 unspecified atom stereocenters. The van der Waals surface area contributed by atoms with Gasteiger partial charge in [0.25, 0.3) is 0 Å². The molecule has 1 saturated carbocycles. The lowest BCUT2D eigenvalue weighted by atomic mass is 9.99. The van der Waals surface area contributed by atoms with Crippen LogP contribution in [0.1, 0.15) is 51.3 Å². The summed E-state index contributed by atoms with van der Waals surface area (Å²) in [7, 11) is 1.85. The Morgan fingerprint density at radius 3 is 2.42 bits per heavy atom. The van der Waals surface area contributed by atoms with Crippen molar-refractivity contribution in [3.8, 4) is 0 Å². The zero-order chi connectivity index (χ0) is 13.9. The van der Waals surface area contributed by atoms with Crippen LogP contribution in [0.25, 0.3) is 0 Å². The average molecular weight is 264 g/mol. The smallest absolute Gasteiger partial charge is 0.135 e. The van der Waals surface area contributed by atoms with E-state index in [9.17, 15) is 5.11 Å². The molecular formula is C14H24N4O. The molecule has 5 nitrogen and oxygen atoms in total. The van der Waals surface area contributed by atoms with E-state index in [-0.39, 0.29) is 18.1 Å². The first-order valence-corrected chi connectivity index (χ1v) is 7.04. The highest BCUT2D eigenvalue weighted by Crippen LogP contribution is 2.32. The van der Waals surface area contributed by atoms with Gasteiger partial charge in [-0.3, -0.25) is 0 Å². The van der Waals surface area contributed by atoms with E-state index in [4.69, 9.17) is 0 Å². The highest BCUT2D eigenvalue weighted by atomic mass is 16.3. The fraction of sp³-hybridized carbons (Fsp3) is 0.714. The number of nitrogens with zero attached hydrogens (tertiary/aromatic N) is 2. The molecule has 1 aliphatic carbocycles. The molecule has 0 saturated heterocycles. The lowest BCUT2D eigenvalue weighted by Crippen LogP contribution is -2.39. The first-order valence-electron chi connectivity index (χ1n) is 7.04. The van der Waals surface area contributed by atoms with Crippen molar-refractivity contribution in [1.82, 2.24) is 9.97 Å². The van der Waals surface area contributed by atoms with Crippen LogP contribution in [-0.4, -0.2) is 34.3 Å². The van der Waals surface area contributed by atoms with Crippen LogP contribution in [0.3, 0.4) is 0 Å². The second kappa shape index (κ2) is 5.74. The molecule has 0 atom stereocenters. The number of hydrogen-bond acceptors (Lipinski definition) is 5. The summed E-state index contributed by atoms with van der Waals surface area (Å²) in [4.78, 5) is 9.01. The number of anilines is 2. The van der Waals surface area contributed by atoms with Crippen molar-refractivity contribution in [2.75, 3.05) is 24.3 Å².